The molecule has 13 heavy (non-hydrogen) atoms. The molecule has 1 unspecified atom stereocenters. The van der Waals surface area contributed by atoms with Gasteiger partial charge >= 0.3 is 0 Å². The summed E-state index contributed by atoms with van der Waals surface area (Å²) in [6.45, 7) is 5.55. The molecular formula is C10H14ClNS. The second-order valence-corrected chi connectivity index (χ2v) is 5.52. The van der Waals surface area contributed by atoms with Gasteiger partial charge in [0.2, 0.25) is 0 Å². The monoisotopic (exact) mass is 215 g/mol. The molecule has 0 fully saturated rings. The number of thiophene rings is 1. The van der Waals surface area contributed by atoms with Gasteiger partial charge in [-0.2, -0.15) is 0 Å². The van der Waals surface area contributed by atoms with Gasteiger partial charge in [0.05, 0.1) is 4.34 Å². The van der Waals surface area contributed by atoms with Crippen molar-refractivity contribution in [3.8, 4) is 0 Å². The van der Waals surface area contributed by atoms with E-state index in [9.17, 15) is 0 Å². The average Bonchev–Trinajstić information content (AvgIpc) is 2.48. The Balaban J connectivity index is 2.47. The quantitative estimate of drug-likeness (QED) is 0.759. The van der Waals surface area contributed by atoms with Gasteiger partial charge in [0.25, 0.3) is 0 Å². The Morgan fingerprint density at radius 3 is 3.15 bits per heavy atom. The van der Waals surface area contributed by atoms with Crippen LogP contribution in [0.25, 0.3) is 0 Å². The molecule has 3 heteroatoms. The summed E-state index contributed by atoms with van der Waals surface area (Å²) >= 11 is 7.76. The van der Waals surface area contributed by atoms with Crippen LogP contribution >= 0.6 is 22.9 Å². The van der Waals surface area contributed by atoms with Crippen molar-refractivity contribution in [1.82, 2.24) is 5.32 Å². The highest BCUT2D eigenvalue weighted by molar-refractivity contribution is 7.16. The largest absolute Gasteiger partial charge is 0.307 e. The van der Waals surface area contributed by atoms with Gasteiger partial charge in [-0.15, -0.1) is 11.3 Å². The Kier molecular flexibility index (Phi) is 2.39. The lowest BCUT2D eigenvalue weighted by Crippen LogP contribution is -2.43. The summed E-state index contributed by atoms with van der Waals surface area (Å²) in [5, 5.41) is 3.56. The number of fused-ring (bicyclic) bond motifs is 1. The molecule has 0 saturated carbocycles. The maximum atomic E-state index is 6.03. The normalized spacial score (nSPS) is 27.3. The first-order valence-electron chi connectivity index (χ1n) is 4.69. The first-order valence-corrected chi connectivity index (χ1v) is 5.89. The molecule has 0 bridgehead atoms. The molecule has 2 rings (SSSR count). The van der Waals surface area contributed by atoms with Crippen LogP contribution in [-0.4, -0.2) is 6.54 Å². The van der Waals surface area contributed by atoms with E-state index >= 15 is 0 Å². The van der Waals surface area contributed by atoms with Crippen molar-refractivity contribution in [3.63, 3.8) is 0 Å². The fourth-order valence-electron chi connectivity index (χ4n) is 1.91. The number of halogens is 1. The number of rotatable bonds is 1. The van der Waals surface area contributed by atoms with Crippen molar-refractivity contribution in [2.24, 2.45) is 0 Å². The van der Waals surface area contributed by atoms with Crippen LogP contribution in [0.2, 0.25) is 4.34 Å². The third kappa shape index (κ3) is 1.51. The van der Waals surface area contributed by atoms with Gasteiger partial charge in [0.15, 0.2) is 0 Å². The maximum Gasteiger partial charge on any atom is 0.0934 e. The molecule has 0 radical (unpaired) electrons. The standard InChI is InChI=1S/C10H14ClNS/c1-3-10(2)7-6-9(11)13-8(7)4-5-12-10/h6,12H,3-5H2,1-2H3. The first kappa shape index (κ1) is 9.50. The van der Waals surface area contributed by atoms with E-state index in [-0.39, 0.29) is 5.54 Å². The number of hydrogen-bond donors (Lipinski definition) is 1. The maximum absolute atomic E-state index is 6.03. The van der Waals surface area contributed by atoms with E-state index in [1.807, 2.05) is 0 Å². The molecule has 0 spiro atoms. The van der Waals surface area contributed by atoms with E-state index in [1.54, 1.807) is 11.3 Å². The van der Waals surface area contributed by atoms with E-state index in [2.05, 4.69) is 25.2 Å². The summed E-state index contributed by atoms with van der Waals surface area (Å²) in [6, 6.07) is 2.12. The van der Waals surface area contributed by atoms with Crippen molar-refractivity contribution in [2.45, 2.75) is 32.2 Å². The molecule has 72 valence electrons. The third-order valence-electron chi connectivity index (χ3n) is 2.95. The van der Waals surface area contributed by atoms with E-state index in [1.165, 1.54) is 10.4 Å². The molecule has 0 aromatic carbocycles. The minimum Gasteiger partial charge on any atom is -0.307 e. The Bertz CT molecular complexity index is 321. The van der Waals surface area contributed by atoms with Crippen molar-refractivity contribution in [2.75, 3.05) is 6.54 Å². The van der Waals surface area contributed by atoms with Gasteiger partial charge in [-0.1, -0.05) is 18.5 Å². The highest BCUT2D eigenvalue weighted by Crippen LogP contribution is 2.38. The lowest BCUT2D eigenvalue weighted by atomic mass is 9.86. The molecule has 2 heterocycles. The van der Waals surface area contributed by atoms with Crippen LogP contribution in [0.4, 0.5) is 0 Å². The summed E-state index contributed by atoms with van der Waals surface area (Å²) in [4.78, 5) is 1.47. The summed E-state index contributed by atoms with van der Waals surface area (Å²) in [5.74, 6) is 0. The second kappa shape index (κ2) is 3.26. The van der Waals surface area contributed by atoms with Gasteiger partial charge in [-0.05, 0) is 31.4 Å². The lowest BCUT2D eigenvalue weighted by Gasteiger charge is -2.34. The van der Waals surface area contributed by atoms with Crippen LogP contribution in [-0.2, 0) is 12.0 Å². The Morgan fingerprint density at radius 1 is 1.69 bits per heavy atom. The lowest BCUT2D eigenvalue weighted by molar-refractivity contribution is 0.339. The topological polar surface area (TPSA) is 12.0 Å². The molecule has 0 amide bonds. The highest BCUT2D eigenvalue weighted by atomic mass is 35.5. The fourth-order valence-corrected chi connectivity index (χ4v) is 3.31. The predicted molar refractivity (Wildman–Crippen MR) is 58.7 cm³/mol. The van der Waals surface area contributed by atoms with Gasteiger partial charge in [0, 0.05) is 17.0 Å². The minimum atomic E-state index is 0.150. The van der Waals surface area contributed by atoms with Gasteiger partial charge in [-0.25, -0.2) is 0 Å². The molecule has 0 aliphatic carbocycles. The van der Waals surface area contributed by atoms with Crippen molar-refractivity contribution in [1.29, 1.82) is 0 Å². The molecule has 1 nitrogen and oxygen atoms in total. The van der Waals surface area contributed by atoms with Crippen LogP contribution in [0.5, 0.6) is 0 Å². The van der Waals surface area contributed by atoms with Crippen LogP contribution in [0.1, 0.15) is 30.7 Å². The van der Waals surface area contributed by atoms with E-state index in [0.29, 0.717) is 0 Å². The smallest absolute Gasteiger partial charge is 0.0934 e. The van der Waals surface area contributed by atoms with Crippen LogP contribution in [0.15, 0.2) is 6.07 Å². The zero-order valence-electron chi connectivity index (χ0n) is 7.98. The van der Waals surface area contributed by atoms with E-state index in [4.69, 9.17) is 11.6 Å². The van der Waals surface area contributed by atoms with Crippen LogP contribution in [0, 0.1) is 0 Å². The van der Waals surface area contributed by atoms with Crippen molar-refractivity contribution in [3.05, 3.63) is 20.8 Å². The second-order valence-electron chi connectivity index (χ2n) is 3.75. The Labute approximate surface area is 88.1 Å². The zero-order valence-corrected chi connectivity index (χ0v) is 9.56. The van der Waals surface area contributed by atoms with E-state index in [0.717, 1.165) is 23.7 Å². The summed E-state index contributed by atoms with van der Waals surface area (Å²) in [7, 11) is 0. The first-order chi connectivity index (χ1) is 6.15. The van der Waals surface area contributed by atoms with Gasteiger partial charge in [0.1, 0.15) is 0 Å². The third-order valence-corrected chi connectivity index (χ3v) is 4.27. The SMILES string of the molecule is CCC1(C)NCCc2sc(Cl)cc21. The van der Waals surface area contributed by atoms with Gasteiger partial charge < -0.3 is 5.32 Å². The minimum absolute atomic E-state index is 0.150. The number of nitrogens with one attached hydrogen (secondary N) is 1. The van der Waals surface area contributed by atoms with Crippen LogP contribution in [0.3, 0.4) is 0 Å². The Hall–Kier alpha value is -0.0500. The van der Waals surface area contributed by atoms with Gasteiger partial charge in [-0.3, -0.25) is 0 Å². The molecule has 1 atom stereocenters. The zero-order chi connectivity index (χ0) is 9.47. The summed E-state index contributed by atoms with van der Waals surface area (Å²) in [5.41, 5.74) is 1.56. The average molecular weight is 216 g/mol. The number of hydrogen-bond acceptors (Lipinski definition) is 2. The molecule has 1 N–H and O–H groups in total. The molecule has 1 aromatic rings. The molecule has 1 aliphatic heterocycles. The Morgan fingerprint density at radius 2 is 2.46 bits per heavy atom. The highest BCUT2D eigenvalue weighted by Gasteiger charge is 2.31. The molecular weight excluding hydrogens is 202 g/mol. The molecule has 0 saturated heterocycles. The molecule has 1 aromatic heterocycles. The van der Waals surface area contributed by atoms with Crippen molar-refractivity contribution >= 4 is 22.9 Å². The predicted octanol–water partition coefficient (Wildman–Crippen LogP) is 3.17. The summed E-state index contributed by atoms with van der Waals surface area (Å²) < 4.78 is 0.924. The molecule has 1 aliphatic rings. The van der Waals surface area contributed by atoms with E-state index < -0.39 is 0 Å². The summed E-state index contributed by atoms with van der Waals surface area (Å²) in [6.07, 6.45) is 2.25. The van der Waals surface area contributed by atoms with Crippen LogP contribution < -0.4 is 5.32 Å². The fraction of sp³-hybridized carbons (Fsp3) is 0.600. The van der Waals surface area contributed by atoms with Crippen molar-refractivity contribution < 1.29 is 0 Å².